The van der Waals surface area contributed by atoms with Crippen LogP contribution in [0, 0.1) is 17.0 Å². The van der Waals surface area contributed by atoms with Crippen molar-refractivity contribution in [1.82, 2.24) is 0 Å². The number of nitro benzene ring substituents is 1. The molecular weight excluding hydrogens is 312 g/mol. The van der Waals surface area contributed by atoms with Crippen molar-refractivity contribution in [3.8, 4) is 11.5 Å². The SMILES string of the molecule is COc1ccc(CC(=O)Nc2ccc(C)cc2[N+](=O)[O-])c(OC)c1. The van der Waals surface area contributed by atoms with Crippen LogP contribution in [0.1, 0.15) is 11.1 Å². The van der Waals surface area contributed by atoms with Crippen molar-refractivity contribution in [3.63, 3.8) is 0 Å². The van der Waals surface area contributed by atoms with Gasteiger partial charge in [0, 0.05) is 17.7 Å². The second kappa shape index (κ2) is 7.45. The van der Waals surface area contributed by atoms with E-state index in [1.54, 1.807) is 31.2 Å². The van der Waals surface area contributed by atoms with Crippen molar-refractivity contribution in [1.29, 1.82) is 0 Å². The summed E-state index contributed by atoms with van der Waals surface area (Å²) in [6.07, 6.45) is 0.0260. The monoisotopic (exact) mass is 330 g/mol. The summed E-state index contributed by atoms with van der Waals surface area (Å²) in [6, 6.07) is 9.77. The van der Waals surface area contributed by atoms with E-state index in [0.717, 1.165) is 5.56 Å². The molecule has 126 valence electrons. The fraction of sp³-hybridized carbons (Fsp3) is 0.235. The van der Waals surface area contributed by atoms with Crippen molar-refractivity contribution in [2.75, 3.05) is 19.5 Å². The number of carbonyl (C=O) groups excluding carboxylic acids is 1. The summed E-state index contributed by atoms with van der Waals surface area (Å²) >= 11 is 0. The number of nitro groups is 1. The number of carbonyl (C=O) groups is 1. The molecule has 0 fully saturated rings. The van der Waals surface area contributed by atoms with Crippen LogP contribution in [0.5, 0.6) is 11.5 Å². The van der Waals surface area contributed by atoms with E-state index in [1.807, 2.05) is 0 Å². The Balaban J connectivity index is 2.19. The number of hydrogen-bond acceptors (Lipinski definition) is 5. The summed E-state index contributed by atoms with van der Waals surface area (Å²) in [7, 11) is 3.04. The molecule has 1 N–H and O–H groups in total. The Labute approximate surface area is 139 Å². The molecule has 1 amide bonds. The first-order chi connectivity index (χ1) is 11.4. The molecule has 0 heterocycles. The second-order valence-electron chi connectivity index (χ2n) is 5.18. The van der Waals surface area contributed by atoms with Crippen LogP contribution in [0.3, 0.4) is 0 Å². The molecule has 2 aromatic rings. The van der Waals surface area contributed by atoms with Gasteiger partial charge in [0.1, 0.15) is 17.2 Å². The lowest BCUT2D eigenvalue weighted by atomic mass is 10.1. The van der Waals surface area contributed by atoms with Gasteiger partial charge in [0.2, 0.25) is 5.91 Å². The van der Waals surface area contributed by atoms with Crippen LogP contribution in [-0.4, -0.2) is 25.1 Å². The molecule has 0 saturated heterocycles. The highest BCUT2D eigenvalue weighted by molar-refractivity contribution is 5.94. The summed E-state index contributed by atoms with van der Waals surface area (Å²) in [4.78, 5) is 22.8. The minimum Gasteiger partial charge on any atom is -0.497 e. The Morgan fingerprint density at radius 1 is 1.17 bits per heavy atom. The Kier molecular flexibility index (Phi) is 5.36. The zero-order chi connectivity index (χ0) is 17.7. The van der Waals surface area contributed by atoms with Crippen LogP contribution in [-0.2, 0) is 11.2 Å². The average molecular weight is 330 g/mol. The zero-order valence-corrected chi connectivity index (χ0v) is 13.7. The van der Waals surface area contributed by atoms with Gasteiger partial charge >= 0.3 is 0 Å². The van der Waals surface area contributed by atoms with Crippen LogP contribution in [0.25, 0.3) is 0 Å². The molecule has 2 rings (SSSR count). The first kappa shape index (κ1) is 17.3. The highest BCUT2D eigenvalue weighted by Crippen LogP contribution is 2.27. The molecule has 0 unspecified atom stereocenters. The van der Waals surface area contributed by atoms with Gasteiger partial charge in [-0.25, -0.2) is 0 Å². The number of amides is 1. The molecule has 0 aliphatic heterocycles. The largest absolute Gasteiger partial charge is 0.497 e. The number of nitrogens with one attached hydrogen (secondary N) is 1. The van der Waals surface area contributed by atoms with E-state index in [4.69, 9.17) is 9.47 Å². The van der Waals surface area contributed by atoms with Gasteiger partial charge in [-0.05, 0) is 24.6 Å². The van der Waals surface area contributed by atoms with E-state index in [9.17, 15) is 14.9 Å². The fourth-order valence-corrected chi connectivity index (χ4v) is 2.26. The highest BCUT2D eigenvalue weighted by atomic mass is 16.6. The highest BCUT2D eigenvalue weighted by Gasteiger charge is 2.17. The van der Waals surface area contributed by atoms with Crippen molar-refractivity contribution in [2.24, 2.45) is 0 Å². The van der Waals surface area contributed by atoms with Gasteiger partial charge in [0.15, 0.2) is 0 Å². The molecule has 7 heteroatoms. The molecule has 0 aliphatic carbocycles. The maximum atomic E-state index is 12.2. The van der Waals surface area contributed by atoms with E-state index < -0.39 is 4.92 Å². The molecule has 2 aromatic carbocycles. The van der Waals surface area contributed by atoms with E-state index in [0.29, 0.717) is 17.1 Å². The smallest absolute Gasteiger partial charge is 0.293 e. The summed E-state index contributed by atoms with van der Waals surface area (Å²) < 4.78 is 10.4. The lowest BCUT2D eigenvalue weighted by Crippen LogP contribution is -2.16. The third-order valence-corrected chi connectivity index (χ3v) is 3.47. The van der Waals surface area contributed by atoms with Crippen LogP contribution >= 0.6 is 0 Å². The van der Waals surface area contributed by atoms with Gasteiger partial charge in [-0.3, -0.25) is 14.9 Å². The van der Waals surface area contributed by atoms with Gasteiger partial charge in [-0.1, -0.05) is 12.1 Å². The molecule has 24 heavy (non-hydrogen) atoms. The van der Waals surface area contributed by atoms with Gasteiger partial charge < -0.3 is 14.8 Å². The van der Waals surface area contributed by atoms with Crippen molar-refractivity contribution < 1.29 is 19.2 Å². The van der Waals surface area contributed by atoms with Crippen LogP contribution in [0.4, 0.5) is 11.4 Å². The Hall–Kier alpha value is -3.09. The minimum absolute atomic E-state index is 0.0260. The molecule has 0 radical (unpaired) electrons. The van der Waals surface area contributed by atoms with Crippen molar-refractivity contribution >= 4 is 17.3 Å². The molecule has 0 aliphatic rings. The molecular formula is C17H18N2O5. The lowest BCUT2D eigenvalue weighted by Gasteiger charge is -2.11. The number of ether oxygens (including phenoxy) is 2. The Morgan fingerprint density at radius 2 is 1.92 bits per heavy atom. The molecule has 0 atom stereocenters. The van der Waals surface area contributed by atoms with Gasteiger partial charge in [0.05, 0.1) is 25.6 Å². The molecule has 0 saturated carbocycles. The van der Waals surface area contributed by atoms with Crippen LogP contribution < -0.4 is 14.8 Å². The van der Waals surface area contributed by atoms with E-state index >= 15 is 0 Å². The van der Waals surface area contributed by atoms with Crippen molar-refractivity contribution in [3.05, 3.63) is 57.6 Å². The van der Waals surface area contributed by atoms with E-state index in [1.165, 1.54) is 26.4 Å². The molecule has 0 spiro atoms. The number of anilines is 1. The summed E-state index contributed by atoms with van der Waals surface area (Å²) in [5, 5.41) is 13.7. The summed E-state index contributed by atoms with van der Waals surface area (Å²) in [6.45, 7) is 1.75. The van der Waals surface area contributed by atoms with Gasteiger partial charge in [-0.2, -0.15) is 0 Å². The third kappa shape index (κ3) is 4.01. The molecule has 0 bridgehead atoms. The predicted octanol–water partition coefficient (Wildman–Crippen LogP) is 3.10. The molecule has 0 aromatic heterocycles. The van der Waals surface area contributed by atoms with E-state index in [-0.39, 0.29) is 23.7 Å². The third-order valence-electron chi connectivity index (χ3n) is 3.47. The van der Waals surface area contributed by atoms with Gasteiger partial charge in [-0.15, -0.1) is 0 Å². The number of nitrogens with zero attached hydrogens (tertiary/aromatic N) is 1. The van der Waals surface area contributed by atoms with Crippen LogP contribution in [0.2, 0.25) is 0 Å². The number of benzene rings is 2. The Morgan fingerprint density at radius 3 is 2.54 bits per heavy atom. The second-order valence-corrected chi connectivity index (χ2v) is 5.18. The topological polar surface area (TPSA) is 90.7 Å². The fourth-order valence-electron chi connectivity index (χ4n) is 2.26. The number of hydrogen-bond donors (Lipinski definition) is 1. The molecule has 7 nitrogen and oxygen atoms in total. The number of rotatable bonds is 6. The first-order valence-corrected chi connectivity index (χ1v) is 7.20. The number of aryl methyl sites for hydroxylation is 1. The lowest BCUT2D eigenvalue weighted by molar-refractivity contribution is -0.384. The predicted molar refractivity (Wildman–Crippen MR) is 89.7 cm³/mol. The zero-order valence-electron chi connectivity index (χ0n) is 13.7. The average Bonchev–Trinajstić information content (AvgIpc) is 2.56. The maximum absolute atomic E-state index is 12.2. The Bertz CT molecular complexity index is 774. The number of methoxy groups -OCH3 is 2. The van der Waals surface area contributed by atoms with E-state index in [2.05, 4.69) is 5.32 Å². The quantitative estimate of drug-likeness (QED) is 0.649. The minimum atomic E-state index is -0.517. The van der Waals surface area contributed by atoms with Gasteiger partial charge in [0.25, 0.3) is 5.69 Å². The summed E-state index contributed by atoms with van der Waals surface area (Å²) in [5.74, 6) is 0.763. The summed E-state index contributed by atoms with van der Waals surface area (Å²) in [5.41, 5.74) is 1.44. The van der Waals surface area contributed by atoms with Crippen LogP contribution in [0.15, 0.2) is 36.4 Å². The first-order valence-electron chi connectivity index (χ1n) is 7.20. The normalized spacial score (nSPS) is 10.1. The maximum Gasteiger partial charge on any atom is 0.293 e. The van der Waals surface area contributed by atoms with Crippen molar-refractivity contribution in [2.45, 2.75) is 13.3 Å². The standard InChI is InChI=1S/C17H18N2O5/c1-11-4-7-14(15(8-11)19(21)22)18-17(20)9-12-5-6-13(23-2)10-16(12)24-3/h4-8,10H,9H2,1-3H3,(H,18,20).